The van der Waals surface area contributed by atoms with Gasteiger partial charge in [-0.2, -0.15) is 0 Å². The SMILES string of the molecule is CC(C)Cc1ccc(-c2cc(S(C)=O)ncn2)cc1. The number of hydrogen-bond acceptors (Lipinski definition) is 3. The molecule has 4 heteroatoms. The third-order valence-electron chi connectivity index (χ3n) is 2.83. The molecule has 1 aromatic carbocycles. The van der Waals surface area contributed by atoms with Crippen molar-refractivity contribution >= 4 is 10.8 Å². The summed E-state index contributed by atoms with van der Waals surface area (Å²) in [5.74, 6) is 0.652. The highest BCUT2D eigenvalue weighted by atomic mass is 32.2. The van der Waals surface area contributed by atoms with Gasteiger partial charge in [-0.15, -0.1) is 0 Å². The highest BCUT2D eigenvalue weighted by Gasteiger charge is 2.05. The van der Waals surface area contributed by atoms with Crippen LogP contribution in [-0.4, -0.2) is 20.4 Å². The van der Waals surface area contributed by atoms with E-state index in [4.69, 9.17) is 0 Å². The average molecular weight is 274 g/mol. The van der Waals surface area contributed by atoms with E-state index < -0.39 is 10.8 Å². The van der Waals surface area contributed by atoms with E-state index in [0.717, 1.165) is 17.7 Å². The van der Waals surface area contributed by atoms with Gasteiger partial charge < -0.3 is 0 Å². The number of benzene rings is 1. The maximum absolute atomic E-state index is 11.4. The maximum atomic E-state index is 11.4. The summed E-state index contributed by atoms with van der Waals surface area (Å²) in [5, 5.41) is 0.566. The molecule has 0 aliphatic rings. The van der Waals surface area contributed by atoms with E-state index in [2.05, 4.69) is 48.1 Å². The van der Waals surface area contributed by atoms with E-state index in [1.807, 2.05) is 0 Å². The molecule has 0 saturated heterocycles. The first kappa shape index (κ1) is 13.9. The highest BCUT2D eigenvalue weighted by molar-refractivity contribution is 7.84. The number of nitrogens with zero attached hydrogens (tertiary/aromatic N) is 2. The van der Waals surface area contributed by atoms with Crippen LogP contribution in [-0.2, 0) is 17.2 Å². The summed E-state index contributed by atoms with van der Waals surface area (Å²) >= 11 is 0. The van der Waals surface area contributed by atoms with Gasteiger partial charge in [-0.05, 0) is 24.0 Å². The predicted octanol–water partition coefficient (Wildman–Crippen LogP) is 3.08. The lowest BCUT2D eigenvalue weighted by Gasteiger charge is -2.06. The van der Waals surface area contributed by atoms with Crippen molar-refractivity contribution in [2.75, 3.05) is 6.26 Å². The van der Waals surface area contributed by atoms with E-state index in [9.17, 15) is 4.21 Å². The molecule has 0 fully saturated rings. The molecule has 0 N–H and O–H groups in total. The molecular weight excluding hydrogens is 256 g/mol. The van der Waals surface area contributed by atoms with E-state index in [-0.39, 0.29) is 0 Å². The van der Waals surface area contributed by atoms with Crippen LogP contribution in [0.25, 0.3) is 11.3 Å². The second-order valence-electron chi connectivity index (χ2n) is 4.99. The Bertz CT molecular complexity index is 579. The molecule has 0 aliphatic carbocycles. The number of hydrogen-bond donors (Lipinski definition) is 0. The summed E-state index contributed by atoms with van der Waals surface area (Å²) in [6.07, 6.45) is 4.17. The predicted molar refractivity (Wildman–Crippen MR) is 78.3 cm³/mol. The van der Waals surface area contributed by atoms with Gasteiger partial charge >= 0.3 is 0 Å². The fourth-order valence-corrected chi connectivity index (χ4v) is 2.41. The van der Waals surface area contributed by atoms with Crippen LogP contribution in [0.15, 0.2) is 41.7 Å². The summed E-state index contributed by atoms with van der Waals surface area (Å²) in [6, 6.07) is 10.2. The Labute approximate surface area is 116 Å². The zero-order chi connectivity index (χ0) is 13.8. The zero-order valence-electron chi connectivity index (χ0n) is 11.5. The minimum Gasteiger partial charge on any atom is -0.253 e. The molecule has 1 heterocycles. The summed E-state index contributed by atoms with van der Waals surface area (Å²) in [4.78, 5) is 8.25. The highest BCUT2D eigenvalue weighted by Crippen LogP contribution is 2.19. The Morgan fingerprint density at radius 1 is 1.16 bits per heavy atom. The van der Waals surface area contributed by atoms with Crippen LogP contribution >= 0.6 is 0 Å². The first-order valence-corrected chi connectivity index (χ1v) is 7.87. The van der Waals surface area contributed by atoms with E-state index >= 15 is 0 Å². The third-order valence-corrected chi connectivity index (χ3v) is 3.64. The van der Waals surface area contributed by atoms with Crippen molar-refractivity contribution in [3.05, 3.63) is 42.2 Å². The van der Waals surface area contributed by atoms with Gasteiger partial charge in [0, 0.05) is 11.8 Å². The number of rotatable bonds is 4. The summed E-state index contributed by atoms with van der Waals surface area (Å²) in [6.45, 7) is 4.42. The third kappa shape index (κ3) is 3.70. The van der Waals surface area contributed by atoms with Gasteiger partial charge in [0.1, 0.15) is 11.4 Å². The summed E-state index contributed by atoms with van der Waals surface area (Å²) in [5.41, 5.74) is 3.17. The molecule has 0 saturated carbocycles. The molecule has 1 atom stereocenters. The summed E-state index contributed by atoms with van der Waals surface area (Å²) < 4.78 is 11.4. The van der Waals surface area contributed by atoms with E-state index in [0.29, 0.717) is 10.9 Å². The minimum atomic E-state index is -1.08. The molecule has 1 unspecified atom stereocenters. The van der Waals surface area contributed by atoms with Crippen molar-refractivity contribution in [3.8, 4) is 11.3 Å². The van der Waals surface area contributed by atoms with Crippen LogP contribution in [0, 0.1) is 5.92 Å². The van der Waals surface area contributed by atoms with Crippen LogP contribution in [0.3, 0.4) is 0 Å². The average Bonchev–Trinajstić information content (AvgIpc) is 2.39. The molecule has 0 amide bonds. The van der Waals surface area contributed by atoms with Gasteiger partial charge in [0.25, 0.3) is 0 Å². The van der Waals surface area contributed by atoms with Gasteiger partial charge in [0.15, 0.2) is 0 Å². The molecule has 3 nitrogen and oxygen atoms in total. The largest absolute Gasteiger partial charge is 0.253 e. The van der Waals surface area contributed by atoms with Crippen molar-refractivity contribution in [1.82, 2.24) is 9.97 Å². The molecule has 0 radical (unpaired) electrons. The van der Waals surface area contributed by atoms with Crippen molar-refractivity contribution in [1.29, 1.82) is 0 Å². The molecular formula is C15H18N2OS. The maximum Gasteiger partial charge on any atom is 0.130 e. The van der Waals surface area contributed by atoms with Crippen LogP contribution in [0.1, 0.15) is 19.4 Å². The smallest absolute Gasteiger partial charge is 0.130 e. The van der Waals surface area contributed by atoms with Gasteiger partial charge in [0.2, 0.25) is 0 Å². The first-order chi connectivity index (χ1) is 9.06. The molecule has 2 rings (SSSR count). The second kappa shape index (κ2) is 6.06. The van der Waals surface area contributed by atoms with Gasteiger partial charge in [-0.25, -0.2) is 9.97 Å². The Hall–Kier alpha value is -1.55. The van der Waals surface area contributed by atoms with Crippen molar-refractivity contribution in [3.63, 3.8) is 0 Å². The fraction of sp³-hybridized carbons (Fsp3) is 0.333. The molecule has 0 aliphatic heterocycles. The minimum absolute atomic E-state index is 0.566. The lowest BCUT2D eigenvalue weighted by Crippen LogP contribution is -1.96. The van der Waals surface area contributed by atoms with Crippen molar-refractivity contribution < 1.29 is 4.21 Å². The topological polar surface area (TPSA) is 42.9 Å². The van der Waals surface area contributed by atoms with Crippen LogP contribution in [0.5, 0.6) is 0 Å². The molecule has 1 aromatic heterocycles. The second-order valence-corrected chi connectivity index (χ2v) is 6.32. The van der Waals surface area contributed by atoms with E-state index in [1.165, 1.54) is 11.9 Å². The van der Waals surface area contributed by atoms with Crippen molar-refractivity contribution in [2.45, 2.75) is 25.3 Å². The monoisotopic (exact) mass is 274 g/mol. The molecule has 0 bridgehead atoms. The Morgan fingerprint density at radius 2 is 1.84 bits per heavy atom. The van der Waals surface area contributed by atoms with Gasteiger partial charge in [0.05, 0.1) is 16.5 Å². The Morgan fingerprint density at radius 3 is 2.42 bits per heavy atom. The quantitative estimate of drug-likeness (QED) is 0.805. The number of aromatic nitrogens is 2. The standard InChI is InChI=1S/C15H18N2OS/c1-11(2)8-12-4-6-13(7-5-12)14-9-15(19(3)18)17-10-16-14/h4-7,9-11H,8H2,1-3H3. The molecule has 2 aromatic rings. The lowest BCUT2D eigenvalue weighted by molar-refractivity contribution is 0.647. The van der Waals surface area contributed by atoms with Gasteiger partial charge in [-0.3, -0.25) is 4.21 Å². The summed E-state index contributed by atoms with van der Waals surface area (Å²) in [7, 11) is -1.08. The normalized spacial score (nSPS) is 12.6. The van der Waals surface area contributed by atoms with Crippen LogP contribution in [0.4, 0.5) is 0 Å². The molecule has 100 valence electrons. The first-order valence-electron chi connectivity index (χ1n) is 6.31. The Balaban J connectivity index is 2.27. The van der Waals surface area contributed by atoms with Crippen molar-refractivity contribution in [2.24, 2.45) is 5.92 Å². The van der Waals surface area contributed by atoms with Gasteiger partial charge in [-0.1, -0.05) is 38.1 Å². The van der Waals surface area contributed by atoms with Crippen LogP contribution < -0.4 is 0 Å². The Kier molecular flexibility index (Phi) is 4.43. The molecule has 0 spiro atoms. The zero-order valence-corrected chi connectivity index (χ0v) is 12.3. The van der Waals surface area contributed by atoms with E-state index in [1.54, 1.807) is 12.3 Å². The van der Waals surface area contributed by atoms with Crippen LogP contribution in [0.2, 0.25) is 0 Å². The lowest BCUT2D eigenvalue weighted by atomic mass is 10.0. The molecule has 19 heavy (non-hydrogen) atoms. The fourth-order valence-electron chi connectivity index (χ4n) is 1.94.